The Morgan fingerprint density at radius 2 is 2.00 bits per heavy atom. The summed E-state index contributed by atoms with van der Waals surface area (Å²) in [5, 5.41) is 3.60. The number of hydrogen-bond donors (Lipinski definition) is 1. The van der Waals surface area contributed by atoms with Gasteiger partial charge in [0.2, 0.25) is 0 Å². The van der Waals surface area contributed by atoms with Crippen molar-refractivity contribution in [1.29, 1.82) is 0 Å². The molecule has 2 unspecified atom stereocenters. The van der Waals surface area contributed by atoms with Gasteiger partial charge in [-0.15, -0.1) is 0 Å². The van der Waals surface area contributed by atoms with E-state index in [-0.39, 0.29) is 12.0 Å². The minimum absolute atomic E-state index is 0.0382. The minimum atomic E-state index is -0.651. The third-order valence-corrected chi connectivity index (χ3v) is 5.46. The first kappa shape index (κ1) is 17.9. The standard InChI is InChI=1S/C22H26N2O3/c1-3-26-17-12-10-16(11-13-17)22(2)23-20-9-5-4-8-19(20)21(25)24(22)15-18-7-6-14-27-18/h4-5,8-13,18,23H,3,6-7,14-15H2,1-2H3. The van der Waals surface area contributed by atoms with Gasteiger partial charge in [-0.3, -0.25) is 4.79 Å². The van der Waals surface area contributed by atoms with Gasteiger partial charge in [-0.25, -0.2) is 0 Å². The number of para-hydroxylation sites is 1. The molecule has 4 rings (SSSR count). The largest absolute Gasteiger partial charge is 0.494 e. The summed E-state index contributed by atoms with van der Waals surface area (Å²) in [7, 11) is 0. The fourth-order valence-corrected chi connectivity index (χ4v) is 3.98. The summed E-state index contributed by atoms with van der Waals surface area (Å²) in [5.41, 5.74) is 1.94. The van der Waals surface area contributed by atoms with Crippen LogP contribution in [0.4, 0.5) is 5.69 Å². The summed E-state index contributed by atoms with van der Waals surface area (Å²) in [6, 6.07) is 15.7. The molecule has 0 saturated carbocycles. The van der Waals surface area contributed by atoms with Gasteiger partial charge in [-0.2, -0.15) is 0 Å². The van der Waals surface area contributed by atoms with Crippen LogP contribution >= 0.6 is 0 Å². The molecule has 1 amide bonds. The summed E-state index contributed by atoms with van der Waals surface area (Å²) < 4.78 is 11.4. The van der Waals surface area contributed by atoms with E-state index in [0.29, 0.717) is 18.7 Å². The molecule has 2 atom stereocenters. The number of amides is 1. The van der Waals surface area contributed by atoms with Gasteiger partial charge in [0.05, 0.1) is 18.3 Å². The Morgan fingerprint density at radius 1 is 1.22 bits per heavy atom. The molecule has 0 aromatic heterocycles. The van der Waals surface area contributed by atoms with Gasteiger partial charge < -0.3 is 19.7 Å². The molecule has 2 aliphatic heterocycles. The fraction of sp³-hybridized carbons (Fsp3) is 0.409. The van der Waals surface area contributed by atoms with Crippen LogP contribution < -0.4 is 10.1 Å². The van der Waals surface area contributed by atoms with Crippen molar-refractivity contribution in [3.8, 4) is 5.75 Å². The highest BCUT2D eigenvalue weighted by Gasteiger charge is 2.43. The van der Waals surface area contributed by atoms with E-state index in [1.54, 1.807) is 0 Å². The zero-order valence-corrected chi connectivity index (χ0v) is 15.9. The van der Waals surface area contributed by atoms with Gasteiger partial charge in [0.15, 0.2) is 0 Å². The topological polar surface area (TPSA) is 50.8 Å². The van der Waals surface area contributed by atoms with E-state index in [1.807, 2.05) is 60.4 Å². The summed E-state index contributed by atoms with van der Waals surface area (Å²) in [6.45, 7) is 6.01. The lowest BCUT2D eigenvalue weighted by atomic mass is 9.93. The van der Waals surface area contributed by atoms with Crippen LogP contribution in [-0.4, -0.2) is 36.7 Å². The van der Waals surface area contributed by atoms with Crippen LogP contribution in [0.2, 0.25) is 0 Å². The molecule has 27 heavy (non-hydrogen) atoms. The molecule has 0 radical (unpaired) electrons. The second-order valence-corrected chi connectivity index (χ2v) is 7.25. The summed E-state index contributed by atoms with van der Waals surface area (Å²) in [4.78, 5) is 15.3. The number of carbonyl (C=O) groups is 1. The Bertz CT molecular complexity index is 815. The average molecular weight is 366 g/mol. The van der Waals surface area contributed by atoms with Crippen molar-refractivity contribution in [1.82, 2.24) is 4.90 Å². The molecule has 0 bridgehead atoms. The molecule has 5 heteroatoms. The molecule has 2 heterocycles. The molecule has 1 fully saturated rings. The van der Waals surface area contributed by atoms with Crippen molar-refractivity contribution in [2.45, 2.75) is 38.5 Å². The van der Waals surface area contributed by atoms with E-state index in [1.165, 1.54) is 0 Å². The molecule has 1 saturated heterocycles. The van der Waals surface area contributed by atoms with Crippen molar-refractivity contribution in [3.05, 3.63) is 59.7 Å². The second kappa shape index (κ2) is 7.24. The predicted octanol–water partition coefficient (Wildman–Crippen LogP) is 4.00. The van der Waals surface area contributed by atoms with E-state index in [2.05, 4.69) is 12.2 Å². The number of nitrogens with one attached hydrogen (secondary N) is 1. The molecule has 0 spiro atoms. The van der Waals surface area contributed by atoms with Gasteiger partial charge in [0.25, 0.3) is 5.91 Å². The van der Waals surface area contributed by atoms with Crippen molar-refractivity contribution in [3.63, 3.8) is 0 Å². The van der Waals surface area contributed by atoms with E-state index >= 15 is 0 Å². The number of benzene rings is 2. The number of fused-ring (bicyclic) bond motifs is 1. The lowest BCUT2D eigenvalue weighted by Crippen LogP contribution is -2.57. The van der Waals surface area contributed by atoms with E-state index in [4.69, 9.17) is 9.47 Å². The van der Waals surface area contributed by atoms with Crippen LogP contribution in [0.3, 0.4) is 0 Å². The molecule has 142 valence electrons. The molecular formula is C22H26N2O3. The number of rotatable bonds is 5. The highest BCUT2D eigenvalue weighted by Crippen LogP contribution is 2.39. The first-order valence-corrected chi connectivity index (χ1v) is 9.66. The van der Waals surface area contributed by atoms with Crippen molar-refractivity contribution in [2.24, 2.45) is 0 Å². The van der Waals surface area contributed by atoms with Crippen LogP contribution in [0, 0.1) is 0 Å². The second-order valence-electron chi connectivity index (χ2n) is 7.25. The number of ether oxygens (including phenoxy) is 2. The fourth-order valence-electron chi connectivity index (χ4n) is 3.98. The molecule has 0 aliphatic carbocycles. The number of hydrogen-bond acceptors (Lipinski definition) is 4. The maximum Gasteiger partial charge on any atom is 0.258 e. The number of nitrogens with zero attached hydrogens (tertiary/aromatic N) is 1. The number of carbonyl (C=O) groups excluding carboxylic acids is 1. The maximum absolute atomic E-state index is 13.4. The van der Waals surface area contributed by atoms with Crippen LogP contribution in [0.1, 0.15) is 42.6 Å². The smallest absolute Gasteiger partial charge is 0.258 e. The summed E-state index contributed by atoms with van der Waals surface area (Å²) in [6.07, 6.45) is 2.13. The highest BCUT2D eigenvalue weighted by molar-refractivity contribution is 6.02. The third-order valence-electron chi connectivity index (χ3n) is 5.46. The molecule has 5 nitrogen and oxygen atoms in total. The third kappa shape index (κ3) is 3.28. The first-order chi connectivity index (χ1) is 13.1. The Kier molecular flexibility index (Phi) is 4.79. The Balaban J connectivity index is 1.73. The van der Waals surface area contributed by atoms with Gasteiger partial charge in [-0.1, -0.05) is 24.3 Å². The molecule has 1 N–H and O–H groups in total. The quantitative estimate of drug-likeness (QED) is 0.869. The molecular weight excluding hydrogens is 340 g/mol. The normalized spacial score (nSPS) is 24.4. The predicted molar refractivity (Wildman–Crippen MR) is 105 cm³/mol. The van der Waals surface area contributed by atoms with Crippen molar-refractivity contribution < 1.29 is 14.3 Å². The van der Waals surface area contributed by atoms with Gasteiger partial charge in [0, 0.05) is 18.8 Å². The Labute approximate surface area is 160 Å². The van der Waals surface area contributed by atoms with Crippen LogP contribution in [0.25, 0.3) is 0 Å². The van der Waals surface area contributed by atoms with Gasteiger partial charge in [-0.05, 0) is 56.5 Å². The lowest BCUT2D eigenvalue weighted by molar-refractivity contribution is 0.0242. The first-order valence-electron chi connectivity index (χ1n) is 9.66. The summed E-state index contributed by atoms with van der Waals surface area (Å²) >= 11 is 0. The van der Waals surface area contributed by atoms with Gasteiger partial charge >= 0.3 is 0 Å². The van der Waals surface area contributed by atoms with Crippen molar-refractivity contribution >= 4 is 11.6 Å². The van der Waals surface area contributed by atoms with Gasteiger partial charge in [0.1, 0.15) is 11.4 Å². The van der Waals surface area contributed by atoms with Crippen LogP contribution in [0.15, 0.2) is 48.5 Å². The van der Waals surface area contributed by atoms with Crippen molar-refractivity contribution in [2.75, 3.05) is 25.1 Å². The molecule has 2 aromatic carbocycles. The van der Waals surface area contributed by atoms with E-state index in [9.17, 15) is 4.79 Å². The monoisotopic (exact) mass is 366 g/mol. The van der Waals surface area contributed by atoms with Crippen LogP contribution in [-0.2, 0) is 10.4 Å². The summed E-state index contributed by atoms with van der Waals surface area (Å²) in [5.74, 6) is 0.870. The average Bonchev–Trinajstić information content (AvgIpc) is 3.19. The Morgan fingerprint density at radius 3 is 2.70 bits per heavy atom. The SMILES string of the molecule is CCOc1ccc(C2(C)Nc3ccccc3C(=O)N2CC2CCCO2)cc1. The van der Waals surface area contributed by atoms with Crippen LogP contribution in [0.5, 0.6) is 5.75 Å². The highest BCUT2D eigenvalue weighted by atomic mass is 16.5. The Hall–Kier alpha value is -2.53. The zero-order chi connectivity index (χ0) is 18.9. The minimum Gasteiger partial charge on any atom is -0.494 e. The molecule has 2 aromatic rings. The zero-order valence-electron chi connectivity index (χ0n) is 15.9. The van der Waals surface area contributed by atoms with E-state index < -0.39 is 5.66 Å². The maximum atomic E-state index is 13.4. The number of anilines is 1. The lowest BCUT2D eigenvalue weighted by Gasteiger charge is -2.47. The van der Waals surface area contributed by atoms with E-state index in [0.717, 1.165) is 36.4 Å². The molecule has 2 aliphatic rings.